The zero-order chi connectivity index (χ0) is 9.80. The average molecular weight is 187 g/mol. The van der Waals surface area contributed by atoms with E-state index >= 15 is 0 Å². The molecule has 0 saturated heterocycles. The molecule has 0 saturated carbocycles. The summed E-state index contributed by atoms with van der Waals surface area (Å²) in [4.78, 5) is 0. The van der Waals surface area contributed by atoms with E-state index in [9.17, 15) is 0 Å². The van der Waals surface area contributed by atoms with Crippen LogP contribution in [-0.4, -0.2) is 22.5 Å². The Bertz CT molecular complexity index is 417. The Morgan fingerprint density at radius 2 is 2.00 bits per heavy atom. The molecule has 0 fully saturated rings. The first-order valence-electron chi connectivity index (χ1n) is 4.19. The molecule has 0 amide bonds. The molecule has 2 rings (SSSR count). The van der Waals surface area contributed by atoms with Gasteiger partial charge in [0.15, 0.2) is 0 Å². The van der Waals surface area contributed by atoms with Gasteiger partial charge in [-0.25, -0.2) is 0 Å². The third-order valence-electron chi connectivity index (χ3n) is 1.89. The van der Waals surface area contributed by atoms with Crippen molar-refractivity contribution in [2.24, 2.45) is 0 Å². The summed E-state index contributed by atoms with van der Waals surface area (Å²) in [5.74, 6) is 0.785. The molecule has 0 spiro atoms. The highest BCUT2D eigenvalue weighted by Gasteiger charge is 2.05. The van der Waals surface area contributed by atoms with Crippen molar-refractivity contribution >= 4 is 0 Å². The second kappa shape index (κ2) is 3.83. The quantitative estimate of drug-likeness (QED) is 0.715. The topological polar surface area (TPSA) is 47.9 Å². The van der Waals surface area contributed by atoms with Gasteiger partial charge in [-0.05, 0) is 23.4 Å². The fourth-order valence-electron chi connectivity index (χ4n) is 1.24. The van der Waals surface area contributed by atoms with Crippen LogP contribution in [0.4, 0.5) is 0 Å². The van der Waals surface area contributed by atoms with Crippen LogP contribution in [0.1, 0.15) is 0 Å². The van der Waals surface area contributed by atoms with E-state index in [1.165, 1.54) is 0 Å². The summed E-state index contributed by atoms with van der Waals surface area (Å²) in [6.45, 7) is 0. The van der Waals surface area contributed by atoms with Crippen molar-refractivity contribution in [1.82, 2.24) is 15.4 Å². The summed E-state index contributed by atoms with van der Waals surface area (Å²) in [5.41, 5.74) is 1.68. The van der Waals surface area contributed by atoms with Gasteiger partial charge in [-0.1, -0.05) is 12.1 Å². The number of methoxy groups -OCH3 is 1. The van der Waals surface area contributed by atoms with Crippen molar-refractivity contribution in [3.05, 3.63) is 36.5 Å². The number of ether oxygens (including phenoxy) is 1. The molecule has 0 aliphatic heterocycles. The molecule has 2 aromatic rings. The first kappa shape index (κ1) is 8.62. The van der Waals surface area contributed by atoms with Crippen molar-refractivity contribution in [2.45, 2.75) is 0 Å². The SMILES string of the molecule is COc1ccccc1-c1ccnnn1. The van der Waals surface area contributed by atoms with Gasteiger partial charge in [-0.3, -0.25) is 0 Å². The highest BCUT2D eigenvalue weighted by atomic mass is 16.5. The number of benzene rings is 1. The van der Waals surface area contributed by atoms with E-state index in [1.54, 1.807) is 19.4 Å². The van der Waals surface area contributed by atoms with Crippen LogP contribution < -0.4 is 4.74 Å². The van der Waals surface area contributed by atoms with E-state index in [4.69, 9.17) is 4.74 Å². The van der Waals surface area contributed by atoms with Crippen LogP contribution in [0.15, 0.2) is 36.5 Å². The van der Waals surface area contributed by atoms with Gasteiger partial charge in [-0.2, -0.15) is 0 Å². The maximum Gasteiger partial charge on any atom is 0.128 e. The van der Waals surface area contributed by atoms with Gasteiger partial charge >= 0.3 is 0 Å². The Kier molecular flexibility index (Phi) is 2.36. The fraction of sp³-hybridized carbons (Fsp3) is 0.100. The summed E-state index contributed by atoms with van der Waals surface area (Å²) in [7, 11) is 1.63. The van der Waals surface area contributed by atoms with Gasteiger partial charge in [0.2, 0.25) is 0 Å². The number of nitrogens with zero attached hydrogens (tertiary/aromatic N) is 3. The summed E-state index contributed by atoms with van der Waals surface area (Å²) in [6, 6.07) is 9.46. The number of hydrogen-bond donors (Lipinski definition) is 0. The van der Waals surface area contributed by atoms with Crippen LogP contribution in [0.5, 0.6) is 5.75 Å². The molecule has 0 aliphatic rings. The smallest absolute Gasteiger partial charge is 0.128 e. The standard InChI is InChI=1S/C10H9N3O/c1-14-10-5-3-2-4-8(10)9-6-7-11-13-12-9/h2-7H,1H3. The van der Waals surface area contributed by atoms with Crippen LogP contribution in [-0.2, 0) is 0 Å². The van der Waals surface area contributed by atoms with Gasteiger partial charge < -0.3 is 4.74 Å². The normalized spacial score (nSPS) is 9.79. The average Bonchev–Trinajstić information content (AvgIpc) is 2.30. The fourth-order valence-corrected chi connectivity index (χ4v) is 1.24. The van der Waals surface area contributed by atoms with Gasteiger partial charge in [0.1, 0.15) is 11.4 Å². The maximum atomic E-state index is 5.21. The first-order chi connectivity index (χ1) is 6.92. The summed E-state index contributed by atoms with van der Waals surface area (Å²) in [6.07, 6.45) is 1.61. The Hall–Kier alpha value is -1.97. The minimum Gasteiger partial charge on any atom is -0.496 e. The third kappa shape index (κ3) is 1.54. The first-order valence-corrected chi connectivity index (χ1v) is 4.19. The van der Waals surface area contributed by atoms with Gasteiger partial charge in [0.25, 0.3) is 0 Å². The summed E-state index contributed by atoms with van der Waals surface area (Å²) in [5, 5.41) is 11.1. The van der Waals surface area contributed by atoms with Crippen molar-refractivity contribution in [3.8, 4) is 17.0 Å². The zero-order valence-corrected chi connectivity index (χ0v) is 7.71. The molecule has 14 heavy (non-hydrogen) atoms. The predicted molar refractivity (Wildman–Crippen MR) is 51.8 cm³/mol. The van der Waals surface area contributed by atoms with Crippen molar-refractivity contribution in [3.63, 3.8) is 0 Å². The lowest BCUT2D eigenvalue weighted by atomic mass is 10.1. The minimum absolute atomic E-state index is 0.762. The highest BCUT2D eigenvalue weighted by molar-refractivity contribution is 5.66. The van der Waals surface area contributed by atoms with Crippen molar-refractivity contribution < 1.29 is 4.74 Å². The third-order valence-corrected chi connectivity index (χ3v) is 1.89. The molecule has 0 bridgehead atoms. The van der Waals surface area contributed by atoms with Crippen LogP contribution in [0, 0.1) is 0 Å². The van der Waals surface area contributed by atoms with E-state index in [0.29, 0.717) is 0 Å². The molecule has 70 valence electrons. The van der Waals surface area contributed by atoms with Crippen LogP contribution in [0.25, 0.3) is 11.3 Å². The van der Waals surface area contributed by atoms with Crippen molar-refractivity contribution in [2.75, 3.05) is 7.11 Å². The van der Waals surface area contributed by atoms with Gasteiger partial charge in [0.05, 0.1) is 13.3 Å². The lowest BCUT2D eigenvalue weighted by molar-refractivity contribution is 0.416. The Morgan fingerprint density at radius 3 is 2.71 bits per heavy atom. The Morgan fingerprint density at radius 1 is 1.14 bits per heavy atom. The minimum atomic E-state index is 0.762. The van der Waals surface area contributed by atoms with Gasteiger partial charge in [-0.15, -0.1) is 10.2 Å². The summed E-state index contributed by atoms with van der Waals surface area (Å²) >= 11 is 0. The molecule has 0 atom stereocenters. The monoisotopic (exact) mass is 187 g/mol. The molecule has 1 heterocycles. The highest BCUT2D eigenvalue weighted by Crippen LogP contribution is 2.26. The molecular weight excluding hydrogens is 178 g/mol. The molecule has 0 aliphatic carbocycles. The van der Waals surface area contributed by atoms with E-state index in [2.05, 4.69) is 15.4 Å². The molecule has 1 aromatic carbocycles. The molecule has 4 heteroatoms. The van der Waals surface area contributed by atoms with E-state index in [-0.39, 0.29) is 0 Å². The number of aromatic nitrogens is 3. The van der Waals surface area contributed by atoms with Crippen LogP contribution in [0.3, 0.4) is 0 Å². The predicted octanol–water partition coefficient (Wildman–Crippen LogP) is 1.55. The molecule has 1 aromatic heterocycles. The van der Waals surface area contributed by atoms with Gasteiger partial charge in [0, 0.05) is 5.56 Å². The molecule has 0 unspecified atom stereocenters. The Balaban J connectivity index is 2.51. The molecule has 4 nitrogen and oxygen atoms in total. The van der Waals surface area contributed by atoms with Crippen LogP contribution in [0.2, 0.25) is 0 Å². The second-order valence-electron chi connectivity index (χ2n) is 2.71. The lowest BCUT2D eigenvalue weighted by Gasteiger charge is -2.05. The molecule has 0 N–H and O–H groups in total. The largest absolute Gasteiger partial charge is 0.496 e. The number of hydrogen-bond acceptors (Lipinski definition) is 4. The Labute approximate surface area is 81.6 Å². The lowest BCUT2D eigenvalue weighted by Crippen LogP contribution is -1.92. The number of rotatable bonds is 2. The maximum absolute atomic E-state index is 5.21. The summed E-state index contributed by atoms with van der Waals surface area (Å²) < 4.78 is 5.21. The molecule has 0 radical (unpaired) electrons. The molecular formula is C10H9N3O. The van der Waals surface area contributed by atoms with E-state index in [0.717, 1.165) is 17.0 Å². The van der Waals surface area contributed by atoms with Crippen LogP contribution >= 0.6 is 0 Å². The van der Waals surface area contributed by atoms with Crippen molar-refractivity contribution in [1.29, 1.82) is 0 Å². The van der Waals surface area contributed by atoms with E-state index < -0.39 is 0 Å². The second-order valence-corrected chi connectivity index (χ2v) is 2.71. The zero-order valence-electron chi connectivity index (χ0n) is 7.71. The van der Waals surface area contributed by atoms with E-state index in [1.807, 2.05) is 24.3 Å². The number of para-hydroxylation sites is 1.